The Balaban J connectivity index is 1.50. The van der Waals surface area contributed by atoms with Crippen LogP contribution in [0, 0.1) is 16.3 Å². The van der Waals surface area contributed by atoms with E-state index in [1.165, 1.54) is 27.5 Å². The summed E-state index contributed by atoms with van der Waals surface area (Å²) >= 11 is 3.60. The SMILES string of the molecule is C/C(=N/NC(=O)[C@H](C)Sc1nnc(CNc2ccc(I)cc2C)n1-c1ccccc1)c1ccc(F)cc1. The predicted octanol–water partition coefficient (Wildman–Crippen LogP) is 5.95. The van der Waals surface area contributed by atoms with Crippen molar-refractivity contribution >= 4 is 51.7 Å². The summed E-state index contributed by atoms with van der Waals surface area (Å²) in [5.41, 5.74) is 6.99. The van der Waals surface area contributed by atoms with Crippen molar-refractivity contribution in [3.8, 4) is 5.69 Å². The van der Waals surface area contributed by atoms with Crippen LogP contribution in [-0.4, -0.2) is 31.6 Å². The normalized spacial score (nSPS) is 12.3. The van der Waals surface area contributed by atoms with Gasteiger partial charge in [-0.05, 0) is 97.0 Å². The molecule has 190 valence electrons. The molecule has 2 N–H and O–H groups in total. The number of amides is 1. The molecule has 0 spiro atoms. The minimum atomic E-state index is -0.490. The van der Waals surface area contributed by atoms with Crippen LogP contribution >= 0.6 is 34.4 Å². The molecule has 4 rings (SSSR count). The first-order valence-electron chi connectivity index (χ1n) is 11.6. The predicted molar refractivity (Wildman–Crippen MR) is 155 cm³/mol. The van der Waals surface area contributed by atoms with Crippen LogP contribution < -0.4 is 10.7 Å². The minimum Gasteiger partial charge on any atom is -0.378 e. The molecule has 1 heterocycles. The first-order chi connectivity index (χ1) is 17.8. The number of hydrogen-bond acceptors (Lipinski definition) is 6. The Morgan fingerprint density at radius 1 is 1.11 bits per heavy atom. The summed E-state index contributed by atoms with van der Waals surface area (Å²) in [6, 6.07) is 22.0. The van der Waals surface area contributed by atoms with E-state index in [1.807, 2.05) is 34.9 Å². The van der Waals surface area contributed by atoms with Gasteiger partial charge in [-0.1, -0.05) is 42.1 Å². The van der Waals surface area contributed by atoms with Crippen LogP contribution in [0.4, 0.5) is 10.1 Å². The van der Waals surface area contributed by atoms with E-state index in [4.69, 9.17) is 0 Å². The van der Waals surface area contributed by atoms with Crippen LogP contribution in [0.1, 0.15) is 30.8 Å². The molecule has 0 aliphatic carbocycles. The summed E-state index contributed by atoms with van der Waals surface area (Å²) in [6.45, 7) is 6.07. The fraction of sp³-hybridized carbons (Fsp3) is 0.185. The van der Waals surface area contributed by atoms with Crippen LogP contribution in [0.2, 0.25) is 0 Å². The van der Waals surface area contributed by atoms with Gasteiger partial charge in [0.2, 0.25) is 0 Å². The quantitative estimate of drug-likeness (QED) is 0.104. The highest BCUT2D eigenvalue weighted by Crippen LogP contribution is 2.27. The Hall–Kier alpha value is -3.25. The molecule has 1 amide bonds. The van der Waals surface area contributed by atoms with Gasteiger partial charge in [0.05, 0.1) is 17.5 Å². The van der Waals surface area contributed by atoms with E-state index in [2.05, 4.69) is 73.8 Å². The fourth-order valence-corrected chi connectivity index (χ4v) is 5.05. The third-order valence-electron chi connectivity index (χ3n) is 5.59. The van der Waals surface area contributed by atoms with Crippen LogP contribution in [-0.2, 0) is 11.3 Å². The van der Waals surface area contributed by atoms with Crippen LogP contribution in [0.15, 0.2) is 83.1 Å². The highest BCUT2D eigenvalue weighted by molar-refractivity contribution is 14.1. The molecule has 1 aromatic heterocycles. The Labute approximate surface area is 233 Å². The van der Waals surface area contributed by atoms with Crippen molar-refractivity contribution in [2.75, 3.05) is 5.32 Å². The summed E-state index contributed by atoms with van der Waals surface area (Å²) < 4.78 is 16.3. The number of anilines is 1. The Bertz CT molecular complexity index is 1410. The second-order valence-electron chi connectivity index (χ2n) is 8.32. The third kappa shape index (κ3) is 6.95. The van der Waals surface area contributed by atoms with Gasteiger partial charge in [-0.2, -0.15) is 5.10 Å². The molecule has 0 unspecified atom stereocenters. The molecular formula is C27H26FIN6OS. The van der Waals surface area contributed by atoms with E-state index in [1.54, 1.807) is 26.0 Å². The first-order valence-corrected chi connectivity index (χ1v) is 13.5. The first kappa shape index (κ1) is 26.8. The van der Waals surface area contributed by atoms with Gasteiger partial charge in [0.1, 0.15) is 5.82 Å². The van der Waals surface area contributed by atoms with E-state index >= 15 is 0 Å². The van der Waals surface area contributed by atoms with Gasteiger partial charge in [-0.15, -0.1) is 10.2 Å². The number of nitrogens with zero attached hydrogens (tertiary/aromatic N) is 4. The van der Waals surface area contributed by atoms with Gasteiger partial charge < -0.3 is 5.32 Å². The number of rotatable bonds is 9. The Morgan fingerprint density at radius 3 is 2.54 bits per heavy atom. The second kappa shape index (κ2) is 12.3. The van der Waals surface area contributed by atoms with Gasteiger partial charge >= 0.3 is 0 Å². The fourth-order valence-electron chi connectivity index (χ4n) is 3.52. The lowest BCUT2D eigenvalue weighted by molar-refractivity contribution is -0.120. The van der Waals surface area contributed by atoms with E-state index in [9.17, 15) is 9.18 Å². The average Bonchev–Trinajstić information content (AvgIpc) is 3.29. The smallest absolute Gasteiger partial charge is 0.253 e. The standard InChI is InChI=1S/C27H26FIN6OS/c1-17-15-22(29)13-14-24(17)30-16-25-32-34-27(35(25)23-7-5-4-6-8-23)37-19(3)26(36)33-31-18(2)20-9-11-21(28)12-10-20/h4-15,19,30H,16H2,1-3H3,(H,33,36)/b31-18-/t19-/m0/s1. The van der Waals surface area contributed by atoms with Crippen LogP contribution in [0.3, 0.4) is 0 Å². The third-order valence-corrected chi connectivity index (χ3v) is 7.30. The van der Waals surface area contributed by atoms with Crippen molar-refractivity contribution in [1.82, 2.24) is 20.2 Å². The van der Waals surface area contributed by atoms with E-state index in [0.29, 0.717) is 17.4 Å². The van der Waals surface area contributed by atoms with Gasteiger partial charge in [0.25, 0.3) is 5.91 Å². The van der Waals surface area contributed by atoms with Crippen LogP contribution in [0.5, 0.6) is 0 Å². The number of para-hydroxylation sites is 1. The van der Waals surface area contributed by atoms with E-state index in [0.717, 1.165) is 28.3 Å². The van der Waals surface area contributed by atoms with E-state index in [-0.39, 0.29) is 11.7 Å². The highest BCUT2D eigenvalue weighted by Gasteiger charge is 2.21. The molecule has 1 atom stereocenters. The molecule has 0 saturated heterocycles. The average molecular weight is 629 g/mol. The summed E-state index contributed by atoms with van der Waals surface area (Å²) in [7, 11) is 0. The number of benzene rings is 3. The monoisotopic (exact) mass is 628 g/mol. The maximum Gasteiger partial charge on any atom is 0.253 e. The lowest BCUT2D eigenvalue weighted by Gasteiger charge is -2.14. The van der Waals surface area contributed by atoms with Crippen molar-refractivity contribution in [3.63, 3.8) is 0 Å². The van der Waals surface area contributed by atoms with Crippen molar-refractivity contribution in [2.24, 2.45) is 5.10 Å². The molecule has 0 radical (unpaired) electrons. The molecule has 3 aromatic carbocycles. The molecule has 37 heavy (non-hydrogen) atoms. The van der Waals surface area contributed by atoms with Crippen molar-refractivity contribution in [1.29, 1.82) is 0 Å². The largest absolute Gasteiger partial charge is 0.378 e. The molecule has 0 aliphatic rings. The number of hydrogen-bond donors (Lipinski definition) is 2. The highest BCUT2D eigenvalue weighted by atomic mass is 127. The van der Waals surface area contributed by atoms with Gasteiger partial charge in [0.15, 0.2) is 11.0 Å². The second-order valence-corrected chi connectivity index (χ2v) is 10.9. The van der Waals surface area contributed by atoms with Crippen molar-refractivity contribution < 1.29 is 9.18 Å². The Kier molecular flexibility index (Phi) is 8.93. The zero-order valence-electron chi connectivity index (χ0n) is 20.6. The number of carbonyl (C=O) groups excluding carboxylic acids is 1. The minimum absolute atomic E-state index is 0.275. The zero-order valence-corrected chi connectivity index (χ0v) is 23.5. The van der Waals surface area contributed by atoms with Gasteiger partial charge in [-0.3, -0.25) is 9.36 Å². The van der Waals surface area contributed by atoms with Crippen LogP contribution in [0.25, 0.3) is 5.69 Å². The molecule has 4 aromatic rings. The zero-order chi connectivity index (χ0) is 26.4. The number of aromatic nitrogens is 3. The number of aryl methyl sites for hydroxylation is 1. The van der Waals surface area contributed by atoms with Crippen molar-refractivity contribution in [2.45, 2.75) is 37.7 Å². The number of carbonyl (C=O) groups is 1. The maximum atomic E-state index is 13.2. The molecule has 0 saturated carbocycles. The Morgan fingerprint density at radius 2 is 1.84 bits per heavy atom. The molecule has 0 bridgehead atoms. The molecule has 10 heteroatoms. The number of thioether (sulfide) groups is 1. The lowest BCUT2D eigenvalue weighted by Crippen LogP contribution is -2.28. The number of nitrogens with one attached hydrogen (secondary N) is 2. The summed E-state index contributed by atoms with van der Waals surface area (Å²) in [5, 5.41) is 16.6. The maximum absolute atomic E-state index is 13.2. The molecule has 0 fully saturated rings. The van der Waals surface area contributed by atoms with E-state index < -0.39 is 5.25 Å². The number of halogens is 2. The summed E-state index contributed by atoms with van der Waals surface area (Å²) in [5.74, 6) is 0.129. The number of hydrazone groups is 1. The summed E-state index contributed by atoms with van der Waals surface area (Å²) in [4.78, 5) is 12.8. The van der Waals surface area contributed by atoms with Crippen molar-refractivity contribution in [3.05, 3.63) is 99.1 Å². The van der Waals surface area contributed by atoms with Gasteiger partial charge in [0, 0.05) is 14.9 Å². The molecule has 0 aliphatic heterocycles. The van der Waals surface area contributed by atoms with Gasteiger partial charge in [-0.25, -0.2) is 9.82 Å². The topological polar surface area (TPSA) is 84.2 Å². The lowest BCUT2D eigenvalue weighted by atomic mass is 10.1. The molecule has 7 nitrogen and oxygen atoms in total. The summed E-state index contributed by atoms with van der Waals surface area (Å²) in [6.07, 6.45) is 0. The molecular weight excluding hydrogens is 602 g/mol.